The molecule has 188 valence electrons. The van der Waals surface area contributed by atoms with Gasteiger partial charge in [-0.1, -0.05) is 63.7 Å². The van der Waals surface area contributed by atoms with Gasteiger partial charge in [-0.2, -0.15) is 0 Å². The molecule has 2 heteroatoms. The third kappa shape index (κ3) is 3.68. The maximum absolute atomic E-state index is 13.7. The van der Waals surface area contributed by atoms with Gasteiger partial charge in [0.05, 0.1) is 6.54 Å². The van der Waals surface area contributed by atoms with E-state index in [1.165, 1.54) is 52.0 Å². The standard InChI is InChI=1S/C34H41FN/c1-6-26-17-20-32-30(23-26)34(7-2,8-3)25(5)33-28(22-27-15-18-29(35)19-16-27)13-11-21-36(32,33)31-14-10-9-12-24(31)4/h9-10,12,14-20,23,28,33H,5-8,11,13,21-22H2,1-4H3/q+1. The number of piperidine rings is 1. The molecule has 3 unspecified atom stereocenters. The molecule has 0 aromatic heterocycles. The number of para-hydroxylation sites is 1. The van der Waals surface area contributed by atoms with E-state index in [2.05, 4.69) is 70.2 Å². The van der Waals surface area contributed by atoms with Crippen molar-refractivity contribution < 1.29 is 4.39 Å². The van der Waals surface area contributed by atoms with Gasteiger partial charge in [0, 0.05) is 28.5 Å². The summed E-state index contributed by atoms with van der Waals surface area (Å²) in [6, 6.07) is 23.8. The zero-order chi connectivity index (χ0) is 25.5. The number of rotatable bonds is 6. The number of hydrogen-bond acceptors (Lipinski definition) is 0. The molecule has 0 radical (unpaired) electrons. The van der Waals surface area contributed by atoms with Gasteiger partial charge in [0.25, 0.3) is 0 Å². The smallest absolute Gasteiger partial charge is 0.142 e. The third-order valence-electron chi connectivity index (χ3n) is 9.56. The highest BCUT2D eigenvalue weighted by Crippen LogP contribution is 2.60. The molecule has 1 nitrogen and oxygen atoms in total. The van der Waals surface area contributed by atoms with Gasteiger partial charge in [-0.05, 0) is 86.4 Å². The lowest BCUT2D eigenvalue weighted by Crippen LogP contribution is -2.65. The highest BCUT2D eigenvalue weighted by atomic mass is 19.1. The van der Waals surface area contributed by atoms with Gasteiger partial charge in [0.2, 0.25) is 0 Å². The Hall–Kier alpha value is -2.71. The Balaban J connectivity index is 1.79. The average molecular weight is 483 g/mol. The van der Waals surface area contributed by atoms with E-state index in [1.54, 1.807) is 12.1 Å². The topological polar surface area (TPSA) is 0 Å². The van der Waals surface area contributed by atoms with Crippen molar-refractivity contribution in [3.05, 3.63) is 107 Å². The van der Waals surface area contributed by atoms with Crippen molar-refractivity contribution in [3.8, 4) is 0 Å². The van der Waals surface area contributed by atoms with Crippen LogP contribution in [0.1, 0.15) is 68.7 Å². The normalized spacial score (nSPS) is 24.8. The molecular formula is C34H41FN+. The summed E-state index contributed by atoms with van der Waals surface area (Å²) < 4.78 is 14.6. The maximum Gasteiger partial charge on any atom is 0.142 e. The fourth-order valence-corrected chi connectivity index (χ4v) is 7.70. The van der Waals surface area contributed by atoms with E-state index in [0.717, 1.165) is 36.7 Å². The van der Waals surface area contributed by atoms with E-state index in [0.29, 0.717) is 12.0 Å². The number of quaternary nitrogens is 1. The Morgan fingerprint density at radius 3 is 2.28 bits per heavy atom. The fourth-order valence-electron chi connectivity index (χ4n) is 7.70. The molecule has 5 rings (SSSR count). The van der Waals surface area contributed by atoms with Crippen molar-refractivity contribution in [2.24, 2.45) is 5.92 Å². The monoisotopic (exact) mass is 482 g/mol. The average Bonchev–Trinajstić information content (AvgIpc) is 2.90. The van der Waals surface area contributed by atoms with Crippen molar-refractivity contribution in [1.82, 2.24) is 4.48 Å². The first kappa shape index (κ1) is 25.0. The lowest BCUT2D eigenvalue weighted by atomic mass is 9.60. The summed E-state index contributed by atoms with van der Waals surface area (Å²) >= 11 is 0. The second kappa shape index (κ2) is 9.63. The molecule has 2 aliphatic heterocycles. The Bertz CT molecular complexity index is 1250. The molecule has 0 amide bonds. The van der Waals surface area contributed by atoms with Crippen LogP contribution >= 0.6 is 0 Å². The first-order valence-electron chi connectivity index (χ1n) is 13.9. The Kier molecular flexibility index (Phi) is 6.68. The van der Waals surface area contributed by atoms with E-state index in [4.69, 9.17) is 6.58 Å². The molecule has 2 aliphatic rings. The predicted molar refractivity (Wildman–Crippen MR) is 151 cm³/mol. The van der Waals surface area contributed by atoms with Gasteiger partial charge in [0.1, 0.15) is 23.2 Å². The summed E-state index contributed by atoms with van der Waals surface area (Å²) in [5.74, 6) is 0.291. The lowest BCUT2D eigenvalue weighted by molar-refractivity contribution is 0.145. The fraction of sp³-hybridized carbons (Fsp3) is 0.412. The minimum atomic E-state index is -0.161. The van der Waals surface area contributed by atoms with Crippen molar-refractivity contribution in [2.75, 3.05) is 6.54 Å². The first-order valence-corrected chi connectivity index (χ1v) is 13.9. The van der Waals surface area contributed by atoms with Crippen LogP contribution in [-0.2, 0) is 18.3 Å². The molecule has 0 saturated carbocycles. The van der Waals surface area contributed by atoms with Gasteiger partial charge in [-0.3, -0.25) is 4.48 Å². The van der Waals surface area contributed by atoms with Crippen LogP contribution in [0.25, 0.3) is 0 Å². The molecule has 3 aromatic carbocycles. The van der Waals surface area contributed by atoms with Gasteiger partial charge in [0.15, 0.2) is 0 Å². The van der Waals surface area contributed by atoms with Crippen molar-refractivity contribution in [3.63, 3.8) is 0 Å². The zero-order valence-electron chi connectivity index (χ0n) is 22.5. The lowest BCUT2D eigenvalue weighted by Gasteiger charge is -2.59. The van der Waals surface area contributed by atoms with Crippen LogP contribution < -0.4 is 4.48 Å². The minimum Gasteiger partial charge on any atom is -0.252 e. The predicted octanol–water partition coefficient (Wildman–Crippen LogP) is 8.98. The van der Waals surface area contributed by atoms with Crippen molar-refractivity contribution in [1.29, 1.82) is 0 Å². The van der Waals surface area contributed by atoms with E-state index in [-0.39, 0.29) is 11.2 Å². The third-order valence-corrected chi connectivity index (χ3v) is 9.56. The van der Waals surface area contributed by atoms with Gasteiger partial charge in [-0.15, -0.1) is 0 Å². The number of hydrogen-bond donors (Lipinski definition) is 0. The SMILES string of the molecule is C=C1C2C(Cc3ccc(F)cc3)CCC[N+]2(c2ccccc2C)c2ccc(CC)cc2C1(CC)CC. The summed E-state index contributed by atoms with van der Waals surface area (Å²) in [6.45, 7) is 15.3. The Labute approximate surface area is 217 Å². The largest absolute Gasteiger partial charge is 0.252 e. The number of aryl methyl sites for hydroxylation is 2. The molecule has 0 bridgehead atoms. The van der Waals surface area contributed by atoms with E-state index in [1.807, 2.05) is 12.1 Å². The first-order chi connectivity index (χ1) is 17.4. The van der Waals surface area contributed by atoms with Crippen LogP contribution in [0.15, 0.2) is 78.9 Å². The van der Waals surface area contributed by atoms with Gasteiger partial charge >= 0.3 is 0 Å². The molecule has 36 heavy (non-hydrogen) atoms. The molecule has 0 spiro atoms. The summed E-state index contributed by atoms with van der Waals surface area (Å²) in [4.78, 5) is 0. The van der Waals surface area contributed by atoms with Crippen LogP contribution in [0.5, 0.6) is 0 Å². The molecule has 0 aliphatic carbocycles. The second-order valence-electron chi connectivity index (χ2n) is 11.1. The molecule has 3 aromatic rings. The van der Waals surface area contributed by atoms with Crippen LogP contribution in [-0.4, -0.2) is 12.6 Å². The van der Waals surface area contributed by atoms with Gasteiger partial charge < -0.3 is 0 Å². The van der Waals surface area contributed by atoms with Crippen LogP contribution in [0, 0.1) is 18.7 Å². The number of nitrogens with zero attached hydrogens (tertiary/aromatic N) is 1. The number of benzene rings is 3. The summed E-state index contributed by atoms with van der Waals surface area (Å²) in [5.41, 5.74) is 9.77. The molecule has 1 saturated heterocycles. The maximum atomic E-state index is 13.7. The molecule has 1 fully saturated rings. The quantitative estimate of drug-likeness (QED) is 0.243. The van der Waals surface area contributed by atoms with Crippen LogP contribution in [0.2, 0.25) is 0 Å². The van der Waals surface area contributed by atoms with Gasteiger partial charge in [-0.25, -0.2) is 4.39 Å². The van der Waals surface area contributed by atoms with E-state index < -0.39 is 0 Å². The summed E-state index contributed by atoms with van der Waals surface area (Å²) in [7, 11) is 0. The molecule has 3 atom stereocenters. The number of halogens is 1. The second-order valence-corrected chi connectivity index (χ2v) is 11.1. The molecule has 2 heterocycles. The van der Waals surface area contributed by atoms with Crippen LogP contribution in [0.4, 0.5) is 15.8 Å². The van der Waals surface area contributed by atoms with Crippen molar-refractivity contribution >= 4 is 11.4 Å². The highest BCUT2D eigenvalue weighted by molar-refractivity contribution is 5.73. The zero-order valence-corrected chi connectivity index (χ0v) is 22.5. The highest BCUT2D eigenvalue weighted by Gasteiger charge is 2.59. The Morgan fingerprint density at radius 1 is 0.917 bits per heavy atom. The van der Waals surface area contributed by atoms with Crippen LogP contribution in [0.3, 0.4) is 0 Å². The van der Waals surface area contributed by atoms with E-state index in [9.17, 15) is 4.39 Å². The minimum absolute atomic E-state index is 0.0198. The molecule has 0 N–H and O–H groups in total. The summed E-state index contributed by atoms with van der Waals surface area (Å²) in [6.07, 6.45) is 6.49. The summed E-state index contributed by atoms with van der Waals surface area (Å²) in [5, 5.41) is 0. The number of fused-ring (bicyclic) bond motifs is 3. The molecular weight excluding hydrogens is 441 g/mol. The van der Waals surface area contributed by atoms with Crippen molar-refractivity contribution in [2.45, 2.75) is 77.7 Å². The Morgan fingerprint density at radius 2 is 1.61 bits per heavy atom. The van der Waals surface area contributed by atoms with E-state index >= 15 is 0 Å².